The second-order valence-corrected chi connectivity index (χ2v) is 4.33. The molecule has 0 saturated carbocycles. The van der Waals surface area contributed by atoms with Gasteiger partial charge >= 0.3 is 0 Å². The molecule has 0 bridgehead atoms. The summed E-state index contributed by atoms with van der Waals surface area (Å²) < 4.78 is 13.1. The predicted octanol–water partition coefficient (Wildman–Crippen LogP) is 1.51. The molecule has 0 amide bonds. The second-order valence-electron chi connectivity index (χ2n) is 4.33. The monoisotopic (exact) mass is 276 g/mol. The second kappa shape index (κ2) is 6.91. The van der Waals surface area contributed by atoms with E-state index in [1.54, 1.807) is 4.68 Å². The lowest BCUT2D eigenvalue weighted by Gasteiger charge is -2.13. The van der Waals surface area contributed by atoms with Crippen LogP contribution in [0.15, 0.2) is 24.5 Å². The summed E-state index contributed by atoms with van der Waals surface area (Å²) in [5.41, 5.74) is 1.15. The number of rotatable bonds is 7. The van der Waals surface area contributed by atoms with Crippen LogP contribution in [-0.2, 0) is 20.2 Å². The molecule has 0 radical (unpaired) electrons. The van der Waals surface area contributed by atoms with Crippen molar-refractivity contribution in [2.45, 2.75) is 20.1 Å². The van der Waals surface area contributed by atoms with Crippen LogP contribution in [0.1, 0.15) is 18.3 Å². The van der Waals surface area contributed by atoms with Crippen molar-refractivity contribution in [3.8, 4) is 11.5 Å². The third-order valence-corrected chi connectivity index (χ3v) is 2.85. The van der Waals surface area contributed by atoms with Crippen LogP contribution in [0.25, 0.3) is 0 Å². The molecule has 0 aliphatic carbocycles. The number of hydrogen-bond acceptors (Lipinski definition) is 5. The van der Waals surface area contributed by atoms with Gasteiger partial charge in [-0.25, -0.2) is 4.98 Å². The summed E-state index contributed by atoms with van der Waals surface area (Å²) in [5.74, 6) is 2.24. The van der Waals surface area contributed by atoms with E-state index in [0.717, 1.165) is 29.4 Å². The Balaban J connectivity index is 2.11. The first-order valence-corrected chi connectivity index (χ1v) is 6.60. The largest absolute Gasteiger partial charge is 0.490 e. The lowest BCUT2D eigenvalue weighted by Crippen LogP contribution is -2.07. The standard InChI is InChI=1S/C14H20N4O2/c1-4-19-13-7-11(8-15-2)5-6-12(13)20-9-14-16-10-17-18(14)3/h5-7,10,15H,4,8-9H2,1-3H3. The predicted molar refractivity (Wildman–Crippen MR) is 75.7 cm³/mol. The van der Waals surface area contributed by atoms with Crippen molar-refractivity contribution in [1.29, 1.82) is 0 Å². The molecule has 0 saturated heterocycles. The molecule has 6 heteroatoms. The van der Waals surface area contributed by atoms with Crippen molar-refractivity contribution in [3.05, 3.63) is 35.9 Å². The van der Waals surface area contributed by atoms with Gasteiger partial charge in [0.1, 0.15) is 12.9 Å². The summed E-state index contributed by atoms with van der Waals surface area (Å²) in [6, 6.07) is 5.94. The molecule has 2 rings (SSSR count). The summed E-state index contributed by atoms with van der Waals surface area (Å²) in [7, 11) is 3.75. The highest BCUT2D eigenvalue weighted by Crippen LogP contribution is 2.29. The molecule has 6 nitrogen and oxygen atoms in total. The molecule has 0 aliphatic rings. The Labute approximate surface area is 118 Å². The van der Waals surface area contributed by atoms with Crippen molar-refractivity contribution < 1.29 is 9.47 Å². The smallest absolute Gasteiger partial charge is 0.164 e. The van der Waals surface area contributed by atoms with Crippen LogP contribution in [0.3, 0.4) is 0 Å². The van der Waals surface area contributed by atoms with E-state index in [0.29, 0.717) is 13.2 Å². The van der Waals surface area contributed by atoms with E-state index in [-0.39, 0.29) is 0 Å². The Morgan fingerprint density at radius 1 is 1.25 bits per heavy atom. The Kier molecular flexibility index (Phi) is 4.95. The summed E-state index contributed by atoms with van der Waals surface area (Å²) in [5, 5.41) is 7.13. The molecule has 1 aromatic heterocycles. The lowest BCUT2D eigenvalue weighted by atomic mass is 10.2. The number of ether oxygens (including phenoxy) is 2. The maximum atomic E-state index is 5.78. The molecule has 0 aliphatic heterocycles. The summed E-state index contributed by atoms with van der Waals surface area (Å²) in [6.07, 6.45) is 1.51. The van der Waals surface area contributed by atoms with Crippen molar-refractivity contribution in [1.82, 2.24) is 20.1 Å². The van der Waals surface area contributed by atoms with Crippen LogP contribution < -0.4 is 14.8 Å². The minimum atomic E-state index is 0.363. The first kappa shape index (κ1) is 14.3. The van der Waals surface area contributed by atoms with Crippen LogP contribution >= 0.6 is 0 Å². The average Bonchev–Trinajstić information content (AvgIpc) is 2.84. The van der Waals surface area contributed by atoms with Crippen LogP contribution in [0.2, 0.25) is 0 Å². The van der Waals surface area contributed by atoms with Gasteiger partial charge in [-0.2, -0.15) is 5.10 Å². The lowest BCUT2D eigenvalue weighted by molar-refractivity contribution is 0.259. The molecule has 108 valence electrons. The van der Waals surface area contributed by atoms with E-state index in [4.69, 9.17) is 9.47 Å². The zero-order valence-electron chi connectivity index (χ0n) is 12.1. The van der Waals surface area contributed by atoms with Gasteiger partial charge in [-0.1, -0.05) is 6.07 Å². The molecule has 2 aromatic rings. The minimum Gasteiger partial charge on any atom is -0.490 e. The molecular weight excluding hydrogens is 256 g/mol. The molecule has 0 atom stereocenters. The van der Waals surface area contributed by atoms with E-state index < -0.39 is 0 Å². The Bertz CT molecular complexity index is 554. The van der Waals surface area contributed by atoms with Crippen LogP contribution in [0.5, 0.6) is 11.5 Å². The first-order chi connectivity index (χ1) is 9.74. The molecule has 0 fully saturated rings. The van der Waals surface area contributed by atoms with Crippen LogP contribution in [-0.4, -0.2) is 28.4 Å². The Hall–Kier alpha value is -2.08. The van der Waals surface area contributed by atoms with Crippen molar-refractivity contribution in [3.63, 3.8) is 0 Å². The normalized spacial score (nSPS) is 10.6. The number of hydrogen-bond donors (Lipinski definition) is 1. The number of nitrogens with zero attached hydrogens (tertiary/aromatic N) is 3. The highest BCUT2D eigenvalue weighted by Gasteiger charge is 2.08. The van der Waals surface area contributed by atoms with E-state index in [1.807, 2.05) is 39.2 Å². The molecule has 1 heterocycles. The van der Waals surface area contributed by atoms with Gasteiger partial charge in [0.05, 0.1) is 6.61 Å². The SMILES string of the molecule is CCOc1cc(CNC)ccc1OCc1ncnn1C. The Morgan fingerprint density at radius 3 is 2.75 bits per heavy atom. The molecule has 0 spiro atoms. The topological polar surface area (TPSA) is 61.2 Å². The zero-order chi connectivity index (χ0) is 14.4. The fourth-order valence-electron chi connectivity index (χ4n) is 1.85. The molecule has 1 aromatic carbocycles. The summed E-state index contributed by atoms with van der Waals surface area (Å²) >= 11 is 0. The molecule has 0 unspecified atom stereocenters. The van der Waals surface area contributed by atoms with Gasteiger partial charge in [-0.05, 0) is 31.7 Å². The van der Waals surface area contributed by atoms with Crippen molar-refractivity contribution in [2.24, 2.45) is 7.05 Å². The highest BCUT2D eigenvalue weighted by atomic mass is 16.5. The zero-order valence-corrected chi connectivity index (χ0v) is 12.1. The van der Waals surface area contributed by atoms with Gasteiger partial charge < -0.3 is 14.8 Å². The Morgan fingerprint density at radius 2 is 2.10 bits per heavy atom. The van der Waals surface area contributed by atoms with Gasteiger partial charge in [-0.15, -0.1) is 0 Å². The summed E-state index contributed by atoms with van der Waals surface area (Å²) in [4.78, 5) is 4.13. The third kappa shape index (κ3) is 3.48. The number of aryl methyl sites for hydroxylation is 1. The van der Waals surface area contributed by atoms with Gasteiger partial charge in [0.15, 0.2) is 17.3 Å². The molecule has 20 heavy (non-hydrogen) atoms. The van der Waals surface area contributed by atoms with Crippen LogP contribution in [0, 0.1) is 0 Å². The minimum absolute atomic E-state index is 0.363. The van der Waals surface area contributed by atoms with Gasteiger partial charge in [0.2, 0.25) is 0 Å². The van der Waals surface area contributed by atoms with Crippen molar-refractivity contribution >= 4 is 0 Å². The van der Waals surface area contributed by atoms with Gasteiger partial charge in [0, 0.05) is 13.6 Å². The van der Waals surface area contributed by atoms with E-state index in [1.165, 1.54) is 6.33 Å². The molecular formula is C14H20N4O2. The maximum absolute atomic E-state index is 5.78. The highest BCUT2D eigenvalue weighted by molar-refractivity contribution is 5.43. The summed E-state index contributed by atoms with van der Waals surface area (Å²) in [6.45, 7) is 3.71. The van der Waals surface area contributed by atoms with E-state index >= 15 is 0 Å². The first-order valence-electron chi connectivity index (χ1n) is 6.60. The fraction of sp³-hybridized carbons (Fsp3) is 0.429. The van der Waals surface area contributed by atoms with E-state index in [9.17, 15) is 0 Å². The third-order valence-electron chi connectivity index (χ3n) is 2.85. The van der Waals surface area contributed by atoms with Crippen molar-refractivity contribution in [2.75, 3.05) is 13.7 Å². The number of benzene rings is 1. The average molecular weight is 276 g/mol. The number of aromatic nitrogens is 3. The molecule has 1 N–H and O–H groups in total. The van der Waals surface area contributed by atoms with E-state index in [2.05, 4.69) is 15.4 Å². The quantitative estimate of drug-likeness (QED) is 0.830. The number of nitrogens with one attached hydrogen (secondary N) is 1. The van der Waals surface area contributed by atoms with Crippen LogP contribution in [0.4, 0.5) is 0 Å². The van der Waals surface area contributed by atoms with Gasteiger partial charge in [-0.3, -0.25) is 4.68 Å². The maximum Gasteiger partial charge on any atom is 0.164 e. The van der Waals surface area contributed by atoms with Gasteiger partial charge in [0.25, 0.3) is 0 Å². The fourth-order valence-corrected chi connectivity index (χ4v) is 1.85.